The molecule has 0 saturated carbocycles. The Labute approximate surface area is 85.7 Å². The van der Waals surface area contributed by atoms with Crippen LogP contribution in [0.5, 0.6) is 0 Å². The van der Waals surface area contributed by atoms with E-state index in [9.17, 15) is 22.4 Å². The zero-order valence-corrected chi connectivity index (χ0v) is 7.60. The van der Waals surface area contributed by atoms with Gasteiger partial charge in [-0.2, -0.15) is 18.3 Å². The maximum atomic E-state index is 12.8. The minimum Gasteiger partial charge on any atom is -0.267 e. The number of aromatic nitrogens is 2. The topological polar surface area (TPSA) is 45.8 Å². The van der Waals surface area contributed by atoms with Crippen molar-refractivity contribution in [1.29, 1.82) is 0 Å². The number of halogens is 4. The normalized spacial score (nSPS) is 12.0. The molecule has 1 N–H and O–H groups in total. The zero-order chi connectivity index (χ0) is 11.9. The van der Waals surface area contributed by atoms with Crippen LogP contribution in [0.3, 0.4) is 0 Å². The molecular weight excluding hydrogens is 228 g/mol. The summed E-state index contributed by atoms with van der Waals surface area (Å²) in [5, 5.41) is 3.82. The van der Waals surface area contributed by atoms with Crippen LogP contribution < -0.4 is 5.56 Å². The second-order valence-electron chi connectivity index (χ2n) is 3.09. The third-order valence-corrected chi connectivity index (χ3v) is 2.02. The second-order valence-corrected chi connectivity index (χ2v) is 3.09. The van der Waals surface area contributed by atoms with Gasteiger partial charge in [-0.1, -0.05) is 0 Å². The third kappa shape index (κ3) is 1.64. The lowest BCUT2D eigenvalue weighted by atomic mass is 10.1. The highest BCUT2D eigenvalue weighted by atomic mass is 19.4. The van der Waals surface area contributed by atoms with Crippen molar-refractivity contribution < 1.29 is 17.6 Å². The summed E-state index contributed by atoms with van der Waals surface area (Å²) in [4.78, 5) is 11.2. The highest BCUT2D eigenvalue weighted by molar-refractivity contribution is 5.83. The second kappa shape index (κ2) is 3.29. The van der Waals surface area contributed by atoms with Crippen LogP contribution >= 0.6 is 0 Å². The average molecular weight is 232 g/mol. The fourth-order valence-electron chi connectivity index (χ4n) is 1.35. The summed E-state index contributed by atoms with van der Waals surface area (Å²) in [5.41, 5.74) is -2.09. The first-order chi connectivity index (χ1) is 7.39. The Morgan fingerprint density at radius 1 is 1.19 bits per heavy atom. The molecule has 0 amide bonds. The molecule has 0 aliphatic carbocycles. The Morgan fingerprint density at radius 2 is 1.88 bits per heavy atom. The Kier molecular flexibility index (Phi) is 2.18. The van der Waals surface area contributed by atoms with Crippen molar-refractivity contribution in [1.82, 2.24) is 10.2 Å². The van der Waals surface area contributed by atoms with Gasteiger partial charge >= 0.3 is 6.18 Å². The van der Waals surface area contributed by atoms with Crippen LogP contribution in [-0.2, 0) is 6.18 Å². The van der Waals surface area contributed by atoms with Crippen molar-refractivity contribution in [3.8, 4) is 0 Å². The molecule has 0 bridgehead atoms. The van der Waals surface area contributed by atoms with E-state index in [2.05, 4.69) is 5.10 Å². The number of H-pyrrole nitrogens is 1. The van der Waals surface area contributed by atoms with Crippen LogP contribution in [-0.4, -0.2) is 10.2 Å². The first kappa shape index (κ1) is 10.6. The van der Waals surface area contributed by atoms with E-state index in [0.29, 0.717) is 6.07 Å². The Bertz CT molecular complexity index is 602. The van der Waals surface area contributed by atoms with E-state index in [-0.39, 0.29) is 5.39 Å². The summed E-state index contributed by atoms with van der Waals surface area (Å²) in [6, 6.07) is 2.54. The smallest absolute Gasteiger partial charge is 0.267 e. The van der Waals surface area contributed by atoms with Gasteiger partial charge in [0.05, 0.1) is 5.39 Å². The number of aromatic amines is 1. The number of nitrogens with one attached hydrogen (secondary N) is 1. The SMILES string of the molecule is O=c1[nH]nc(C(F)(F)F)c2cc(F)ccc12. The highest BCUT2D eigenvalue weighted by Crippen LogP contribution is 2.31. The summed E-state index contributed by atoms with van der Waals surface area (Å²) in [6.07, 6.45) is -4.74. The molecule has 0 unspecified atom stereocenters. The molecule has 0 aliphatic heterocycles. The monoisotopic (exact) mass is 232 g/mol. The molecule has 0 aliphatic rings. The predicted molar refractivity (Wildman–Crippen MR) is 47.3 cm³/mol. The number of rotatable bonds is 0. The van der Waals surface area contributed by atoms with Crippen molar-refractivity contribution in [2.24, 2.45) is 0 Å². The summed E-state index contributed by atoms with van der Waals surface area (Å²) in [5.74, 6) is -0.856. The van der Waals surface area contributed by atoms with Gasteiger partial charge in [0.2, 0.25) is 0 Å². The summed E-state index contributed by atoms with van der Waals surface area (Å²) in [7, 11) is 0. The lowest BCUT2D eigenvalue weighted by Gasteiger charge is -2.07. The lowest BCUT2D eigenvalue weighted by Crippen LogP contribution is -2.17. The van der Waals surface area contributed by atoms with Gasteiger partial charge in [-0.05, 0) is 18.2 Å². The van der Waals surface area contributed by atoms with Crippen LogP contribution in [0.15, 0.2) is 23.0 Å². The summed E-state index contributed by atoms with van der Waals surface area (Å²) in [6.45, 7) is 0. The van der Waals surface area contributed by atoms with Gasteiger partial charge in [0.25, 0.3) is 5.56 Å². The van der Waals surface area contributed by atoms with E-state index in [1.165, 1.54) is 0 Å². The van der Waals surface area contributed by atoms with Gasteiger partial charge in [-0.25, -0.2) is 9.49 Å². The molecule has 0 saturated heterocycles. The largest absolute Gasteiger partial charge is 0.435 e. The highest BCUT2D eigenvalue weighted by Gasteiger charge is 2.35. The number of benzene rings is 1. The molecule has 0 fully saturated rings. The maximum absolute atomic E-state index is 12.8. The molecule has 2 aromatic rings. The minimum absolute atomic E-state index is 0.247. The molecule has 1 aromatic carbocycles. The predicted octanol–water partition coefficient (Wildman–Crippen LogP) is 2.08. The van der Waals surface area contributed by atoms with Crippen LogP contribution in [0.25, 0.3) is 10.8 Å². The molecule has 0 radical (unpaired) electrons. The standard InChI is InChI=1S/C9H4F4N2O/c10-4-1-2-5-6(3-4)7(9(11,12)13)14-15-8(5)16/h1-3H,(H,15,16). The van der Waals surface area contributed by atoms with Crippen molar-refractivity contribution >= 4 is 10.8 Å². The summed E-state index contributed by atoms with van der Waals surface area (Å²) < 4.78 is 50.3. The fourth-order valence-corrected chi connectivity index (χ4v) is 1.35. The number of nitrogens with zero attached hydrogens (tertiary/aromatic N) is 1. The maximum Gasteiger partial charge on any atom is 0.435 e. The van der Waals surface area contributed by atoms with Crippen molar-refractivity contribution in [3.63, 3.8) is 0 Å². The molecule has 3 nitrogen and oxygen atoms in total. The van der Waals surface area contributed by atoms with Crippen LogP contribution in [0.4, 0.5) is 17.6 Å². The molecule has 1 aromatic heterocycles. The average Bonchev–Trinajstić information content (AvgIpc) is 2.15. The molecular formula is C9H4F4N2O. The molecule has 0 atom stereocenters. The van der Waals surface area contributed by atoms with Crippen molar-refractivity contribution in [3.05, 3.63) is 40.1 Å². The Hall–Kier alpha value is -1.92. The van der Waals surface area contributed by atoms with E-state index in [1.807, 2.05) is 0 Å². The zero-order valence-electron chi connectivity index (χ0n) is 7.60. The van der Waals surface area contributed by atoms with Crippen LogP contribution in [0.2, 0.25) is 0 Å². The van der Waals surface area contributed by atoms with Gasteiger partial charge in [0, 0.05) is 5.39 Å². The van der Waals surface area contributed by atoms with Gasteiger partial charge in [-0.3, -0.25) is 4.79 Å². The van der Waals surface area contributed by atoms with Crippen LogP contribution in [0.1, 0.15) is 5.69 Å². The number of fused-ring (bicyclic) bond motifs is 1. The first-order valence-corrected chi connectivity index (χ1v) is 4.15. The number of hydrogen-bond donors (Lipinski definition) is 1. The van der Waals surface area contributed by atoms with Crippen molar-refractivity contribution in [2.75, 3.05) is 0 Å². The van der Waals surface area contributed by atoms with E-state index in [4.69, 9.17) is 0 Å². The molecule has 1 heterocycles. The van der Waals surface area contributed by atoms with E-state index in [1.54, 1.807) is 5.10 Å². The Balaban J connectivity index is 2.92. The Morgan fingerprint density at radius 3 is 2.50 bits per heavy atom. The lowest BCUT2D eigenvalue weighted by molar-refractivity contribution is -0.140. The van der Waals surface area contributed by atoms with E-state index >= 15 is 0 Å². The van der Waals surface area contributed by atoms with Crippen LogP contribution in [0, 0.1) is 5.82 Å². The molecule has 7 heteroatoms. The minimum atomic E-state index is -4.74. The van der Waals surface area contributed by atoms with Gasteiger partial charge in [-0.15, -0.1) is 0 Å². The molecule has 2 rings (SSSR count). The number of hydrogen-bond acceptors (Lipinski definition) is 2. The summed E-state index contributed by atoms with van der Waals surface area (Å²) >= 11 is 0. The third-order valence-electron chi connectivity index (χ3n) is 2.02. The van der Waals surface area contributed by atoms with Gasteiger partial charge in [0.15, 0.2) is 5.69 Å². The number of alkyl halides is 3. The van der Waals surface area contributed by atoms with E-state index < -0.39 is 28.6 Å². The fraction of sp³-hybridized carbons (Fsp3) is 0.111. The first-order valence-electron chi connectivity index (χ1n) is 4.15. The molecule has 0 spiro atoms. The molecule has 84 valence electrons. The molecule has 16 heavy (non-hydrogen) atoms. The van der Waals surface area contributed by atoms with Gasteiger partial charge in [0.1, 0.15) is 5.82 Å². The quantitative estimate of drug-likeness (QED) is 0.707. The van der Waals surface area contributed by atoms with Gasteiger partial charge < -0.3 is 0 Å². The van der Waals surface area contributed by atoms with E-state index in [0.717, 1.165) is 12.1 Å². The van der Waals surface area contributed by atoms with Crippen molar-refractivity contribution in [2.45, 2.75) is 6.18 Å².